The number of nitrogens with one attached hydrogen (secondary N) is 1. The van der Waals surface area contributed by atoms with Crippen LogP contribution in [0, 0.1) is 0 Å². The van der Waals surface area contributed by atoms with Gasteiger partial charge in [0.25, 0.3) is 5.56 Å². The van der Waals surface area contributed by atoms with Crippen LogP contribution < -0.4 is 5.56 Å². The minimum absolute atomic E-state index is 0.0752. The van der Waals surface area contributed by atoms with Crippen LogP contribution in [0.25, 0.3) is 0 Å². The predicted molar refractivity (Wildman–Crippen MR) is 61.8 cm³/mol. The fourth-order valence-electron chi connectivity index (χ4n) is 0.998. The van der Waals surface area contributed by atoms with E-state index in [4.69, 9.17) is 0 Å². The standard InChI is InChI=1S/C10H12N2O4S/c1-2-16-9(15)5-7(13)6-17-10-11-4-3-8(14)12-10/h3-4H,2,5-6H2,1H3,(H,11,12,14). The molecule has 17 heavy (non-hydrogen) atoms. The monoisotopic (exact) mass is 256 g/mol. The number of H-pyrrole nitrogens is 1. The summed E-state index contributed by atoms with van der Waals surface area (Å²) in [4.78, 5) is 39.6. The molecule has 0 spiro atoms. The molecule has 7 heteroatoms. The van der Waals surface area contributed by atoms with Gasteiger partial charge in [-0.05, 0) is 6.92 Å². The van der Waals surface area contributed by atoms with Gasteiger partial charge in [0.15, 0.2) is 10.9 Å². The molecule has 0 aliphatic carbocycles. The van der Waals surface area contributed by atoms with E-state index in [1.807, 2.05) is 0 Å². The highest BCUT2D eigenvalue weighted by atomic mass is 32.2. The fourth-order valence-corrected chi connectivity index (χ4v) is 1.71. The summed E-state index contributed by atoms with van der Waals surface area (Å²) in [5.74, 6) is -0.723. The molecule has 0 atom stereocenters. The number of aromatic amines is 1. The van der Waals surface area contributed by atoms with Crippen LogP contribution >= 0.6 is 11.8 Å². The lowest BCUT2D eigenvalue weighted by molar-refractivity contribution is -0.145. The van der Waals surface area contributed by atoms with Gasteiger partial charge in [-0.25, -0.2) is 4.98 Å². The number of carbonyl (C=O) groups is 2. The Balaban J connectivity index is 2.38. The van der Waals surface area contributed by atoms with Crippen LogP contribution in [0.5, 0.6) is 0 Å². The molecule has 0 bridgehead atoms. The van der Waals surface area contributed by atoms with E-state index in [9.17, 15) is 14.4 Å². The maximum absolute atomic E-state index is 11.3. The van der Waals surface area contributed by atoms with Crippen molar-refractivity contribution in [1.82, 2.24) is 9.97 Å². The molecule has 1 aromatic heterocycles. The Kier molecular flexibility index (Phi) is 5.41. The smallest absolute Gasteiger partial charge is 0.313 e. The predicted octanol–water partition coefficient (Wildman–Crippen LogP) is 0.384. The van der Waals surface area contributed by atoms with Gasteiger partial charge in [-0.2, -0.15) is 0 Å². The van der Waals surface area contributed by atoms with Crippen molar-refractivity contribution in [1.29, 1.82) is 0 Å². The third-order valence-corrected chi connectivity index (χ3v) is 2.61. The summed E-state index contributed by atoms with van der Waals surface area (Å²) in [6.07, 6.45) is 1.11. The molecule has 0 amide bonds. The van der Waals surface area contributed by atoms with Gasteiger partial charge in [-0.15, -0.1) is 0 Å². The first-order valence-electron chi connectivity index (χ1n) is 4.97. The Bertz CT molecular complexity index is 458. The van der Waals surface area contributed by atoms with Crippen molar-refractivity contribution in [3.8, 4) is 0 Å². The van der Waals surface area contributed by atoms with E-state index in [2.05, 4.69) is 14.7 Å². The van der Waals surface area contributed by atoms with E-state index in [0.29, 0.717) is 5.16 Å². The number of hydrogen-bond donors (Lipinski definition) is 1. The van der Waals surface area contributed by atoms with Crippen LogP contribution in [0.2, 0.25) is 0 Å². The van der Waals surface area contributed by atoms with Crippen molar-refractivity contribution in [2.75, 3.05) is 12.4 Å². The lowest BCUT2D eigenvalue weighted by Gasteiger charge is -2.01. The SMILES string of the molecule is CCOC(=O)CC(=O)CSc1nccc(=O)[nH]1. The quantitative estimate of drug-likeness (QED) is 0.342. The molecule has 0 unspecified atom stereocenters. The van der Waals surface area contributed by atoms with Crippen LogP contribution in [0.3, 0.4) is 0 Å². The summed E-state index contributed by atoms with van der Waals surface area (Å²) in [7, 11) is 0. The zero-order chi connectivity index (χ0) is 12.7. The summed E-state index contributed by atoms with van der Waals surface area (Å²) in [6, 6.07) is 1.28. The Hall–Kier alpha value is -1.63. The van der Waals surface area contributed by atoms with E-state index in [-0.39, 0.29) is 30.1 Å². The van der Waals surface area contributed by atoms with Crippen molar-refractivity contribution in [3.63, 3.8) is 0 Å². The largest absolute Gasteiger partial charge is 0.466 e. The fraction of sp³-hybridized carbons (Fsp3) is 0.400. The van der Waals surface area contributed by atoms with E-state index in [1.165, 1.54) is 12.3 Å². The molecule has 0 aromatic carbocycles. The van der Waals surface area contributed by atoms with Crippen molar-refractivity contribution in [2.24, 2.45) is 0 Å². The lowest BCUT2D eigenvalue weighted by atomic mass is 10.3. The molecule has 0 aliphatic heterocycles. The summed E-state index contributed by atoms with van der Waals surface area (Å²) < 4.78 is 4.64. The first-order valence-corrected chi connectivity index (χ1v) is 5.96. The molecule has 6 nitrogen and oxygen atoms in total. The van der Waals surface area contributed by atoms with Crippen LogP contribution in [0.4, 0.5) is 0 Å². The number of nitrogens with zero attached hydrogens (tertiary/aromatic N) is 1. The van der Waals surface area contributed by atoms with E-state index < -0.39 is 5.97 Å². The number of rotatable bonds is 6. The third-order valence-electron chi connectivity index (χ3n) is 1.66. The highest BCUT2D eigenvalue weighted by molar-refractivity contribution is 7.99. The van der Waals surface area contributed by atoms with Crippen molar-refractivity contribution < 1.29 is 14.3 Å². The molecule has 0 saturated carbocycles. The average molecular weight is 256 g/mol. The van der Waals surface area contributed by atoms with E-state index in [0.717, 1.165) is 11.8 Å². The molecule has 1 rings (SSSR count). The van der Waals surface area contributed by atoms with Crippen LogP contribution in [0.1, 0.15) is 13.3 Å². The zero-order valence-electron chi connectivity index (χ0n) is 9.26. The number of ketones is 1. The summed E-state index contributed by atoms with van der Waals surface area (Å²) >= 11 is 1.08. The second-order valence-corrected chi connectivity index (χ2v) is 4.01. The minimum atomic E-state index is -0.535. The topological polar surface area (TPSA) is 89.1 Å². The van der Waals surface area contributed by atoms with Gasteiger partial charge < -0.3 is 9.72 Å². The first-order chi connectivity index (χ1) is 8.11. The minimum Gasteiger partial charge on any atom is -0.466 e. The average Bonchev–Trinajstić information content (AvgIpc) is 2.27. The molecule has 0 radical (unpaired) electrons. The number of hydrogen-bond acceptors (Lipinski definition) is 6. The van der Waals surface area contributed by atoms with Gasteiger partial charge in [-0.3, -0.25) is 14.4 Å². The summed E-state index contributed by atoms with van der Waals surface area (Å²) in [6.45, 7) is 1.93. The van der Waals surface area contributed by atoms with Crippen LogP contribution in [-0.2, 0) is 14.3 Å². The molecular formula is C10H12N2O4S. The Morgan fingerprint density at radius 1 is 1.53 bits per heavy atom. The molecule has 1 aromatic rings. The van der Waals surface area contributed by atoms with E-state index >= 15 is 0 Å². The molecule has 0 aliphatic rings. The number of ether oxygens (including phenoxy) is 1. The van der Waals surface area contributed by atoms with Gasteiger partial charge in [0, 0.05) is 12.3 Å². The number of esters is 1. The van der Waals surface area contributed by atoms with Gasteiger partial charge in [0.2, 0.25) is 0 Å². The molecule has 1 heterocycles. The molecule has 1 N–H and O–H groups in total. The summed E-state index contributed by atoms with van der Waals surface area (Å²) in [5, 5.41) is 0.356. The highest BCUT2D eigenvalue weighted by Crippen LogP contribution is 2.10. The second kappa shape index (κ2) is 6.85. The second-order valence-electron chi connectivity index (χ2n) is 3.05. The van der Waals surface area contributed by atoms with E-state index in [1.54, 1.807) is 6.92 Å². The van der Waals surface area contributed by atoms with Gasteiger partial charge >= 0.3 is 5.97 Å². The van der Waals surface area contributed by atoms with Gasteiger partial charge in [0.1, 0.15) is 6.42 Å². The zero-order valence-corrected chi connectivity index (χ0v) is 10.1. The number of aromatic nitrogens is 2. The highest BCUT2D eigenvalue weighted by Gasteiger charge is 2.11. The van der Waals surface area contributed by atoms with Gasteiger partial charge in [0.05, 0.1) is 12.4 Å². The Morgan fingerprint density at radius 3 is 2.94 bits per heavy atom. The van der Waals surface area contributed by atoms with Crippen LogP contribution in [0.15, 0.2) is 22.2 Å². The number of carbonyl (C=O) groups excluding carboxylic acids is 2. The number of thioether (sulfide) groups is 1. The van der Waals surface area contributed by atoms with Crippen molar-refractivity contribution in [3.05, 3.63) is 22.6 Å². The molecule has 0 saturated heterocycles. The third kappa shape index (κ3) is 5.30. The maximum atomic E-state index is 11.3. The van der Waals surface area contributed by atoms with Crippen molar-refractivity contribution in [2.45, 2.75) is 18.5 Å². The number of Topliss-reactive ketones (excluding diaryl/α,β-unsaturated/α-hetero) is 1. The Morgan fingerprint density at radius 2 is 2.29 bits per heavy atom. The summed E-state index contributed by atoms with van der Waals surface area (Å²) in [5.41, 5.74) is -0.277. The molecule has 0 fully saturated rings. The molecular weight excluding hydrogens is 244 g/mol. The normalized spacial score (nSPS) is 9.94. The maximum Gasteiger partial charge on any atom is 0.313 e. The lowest BCUT2D eigenvalue weighted by Crippen LogP contribution is -2.13. The first kappa shape index (κ1) is 13.4. The molecule has 92 valence electrons. The Labute approximate surface area is 102 Å². The van der Waals surface area contributed by atoms with Crippen LogP contribution in [-0.4, -0.2) is 34.1 Å². The van der Waals surface area contributed by atoms with Crippen molar-refractivity contribution >= 4 is 23.5 Å². The van der Waals surface area contributed by atoms with Gasteiger partial charge in [-0.1, -0.05) is 11.8 Å².